The van der Waals surface area contributed by atoms with Crippen molar-refractivity contribution in [1.82, 2.24) is 15.1 Å². The van der Waals surface area contributed by atoms with Crippen LogP contribution < -0.4 is 0 Å². The second kappa shape index (κ2) is 6.49. The van der Waals surface area contributed by atoms with Gasteiger partial charge < -0.3 is 18.8 Å². The summed E-state index contributed by atoms with van der Waals surface area (Å²) in [5.41, 5.74) is 1.58. The number of nitrogens with one attached hydrogen (secondary N) is 1. The number of aromatic amines is 1. The Labute approximate surface area is 156 Å². The van der Waals surface area contributed by atoms with Crippen molar-refractivity contribution in [3.05, 3.63) is 53.3 Å². The average Bonchev–Trinajstić information content (AvgIpc) is 3.37. The zero-order valence-corrected chi connectivity index (χ0v) is 15.1. The molecule has 0 saturated heterocycles. The maximum Gasteiger partial charge on any atom is 0.289 e. The third-order valence-electron chi connectivity index (χ3n) is 4.28. The zero-order chi connectivity index (χ0) is 19.0. The van der Waals surface area contributed by atoms with Gasteiger partial charge >= 0.3 is 0 Å². The third-order valence-corrected chi connectivity index (χ3v) is 4.28. The molecule has 7 heteroatoms. The molecule has 0 aromatic carbocycles. The molecule has 1 aliphatic heterocycles. The van der Waals surface area contributed by atoms with E-state index in [1.807, 2.05) is 6.07 Å². The summed E-state index contributed by atoms with van der Waals surface area (Å²) in [6, 6.07) is 6.89. The van der Waals surface area contributed by atoms with Gasteiger partial charge in [-0.25, -0.2) is 0 Å². The Bertz CT molecular complexity index is 1030. The quantitative estimate of drug-likeness (QED) is 0.681. The summed E-state index contributed by atoms with van der Waals surface area (Å²) in [6.07, 6.45) is 2.28. The van der Waals surface area contributed by atoms with Gasteiger partial charge in [0.1, 0.15) is 11.3 Å². The Morgan fingerprint density at radius 2 is 2.22 bits per heavy atom. The molecule has 27 heavy (non-hydrogen) atoms. The van der Waals surface area contributed by atoms with E-state index in [1.165, 1.54) is 0 Å². The molecule has 4 rings (SSSR count). The van der Waals surface area contributed by atoms with Gasteiger partial charge in [-0.1, -0.05) is 5.92 Å². The minimum absolute atomic E-state index is 0.205. The summed E-state index contributed by atoms with van der Waals surface area (Å²) in [5.74, 6) is 6.44. The van der Waals surface area contributed by atoms with E-state index in [-0.39, 0.29) is 11.7 Å². The molecule has 0 radical (unpaired) electrons. The maximum atomic E-state index is 12.8. The third kappa shape index (κ3) is 3.52. The molecule has 138 valence electrons. The van der Waals surface area contributed by atoms with Crippen LogP contribution in [0.15, 0.2) is 39.4 Å². The summed E-state index contributed by atoms with van der Waals surface area (Å²) >= 11 is 0. The lowest BCUT2D eigenvalue weighted by Crippen LogP contribution is -2.35. The maximum absolute atomic E-state index is 12.8. The summed E-state index contributed by atoms with van der Waals surface area (Å²) < 4.78 is 11.0. The standard InChI is InChI=1S/C20H19N3O4/c1-20(2,25)9-7-13-5-6-17(27-13)19(24)23-10-8-15-14(12-23)18(22-21-15)16-4-3-11-26-16/h3-6,11,25H,8,10,12H2,1-2H3,(H,21,22). The van der Waals surface area contributed by atoms with Crippen LogP contribution in [0.5, 0.6) is 0 Å². The predicted molar refractivity (Wildman–Crippen MR) is 96.6 cm³/mol. The molecule has 0 aliphatic carbocycles. The van der Waals surface area contributed by atoms with Gasteiger partial charge in [0.2, 0.25) is 0 Å². The monoisotopic (exact) mass is 365 g/mol. The van der Waals surface area contributed by atoms with Gasteiger partial charge in [0, 0.05) is 24.2 Å². The molecule has 2 N–H and O–H groups in total. The van der Waals surface area contributed by atoms with Gasteiger partial charge in [0.05, 0.1) is 12.8 Å². The second-order valence-electron chi connectivity index (χ2n) is 6.96. The Hall–Kier alpha value is -3.24. The Kier molecular flexibility index (Phi) is 4.13. The van der Waals surface area contributed by atoms with E-state index in [0.717, 1.165) is 17.0 Å². The number of nitrogens with zero attached hydrogens (tertiary/aromatic N) is 2. The van der Waals surface area contributed by atoms with Gasteiger partial charge in [0.15, 0.2) is 17.3 Å². The number of furan rings is 2. The Morgan fingerprint density at radius 3 is 2.96 bits per heavy atom. The lowest BCUT2D eigenvalue weighted by atomic mass is 10.0. The number of aromatic nitrogens is 2. The van der Waals surface area contributed by atoms with E-state index in [4.69, 9.17) is 8.83 Å². The molecule has 0 bridgehead atoms. The van der Waals surface area contributed by atoms with E-state index >= 15 is 0 Å². The van der Waals surface area contributed by atoms with Crippen molar-refractivity contribution >= 4 is 5.91 Å². The minimum Gasteiger partial charge on any atom is -0.463 e. The molecule has 3 aromatic rings. The molecular weight excluding hydrogens is 346 g/mol. The lowest BCUT2D eigenvalue weighted by molar-refractivity contribution is 0.0701. The SMILES string of the molecule is CC(C)(O)C#Cc1ccc(C(=O)N2CCc3[nH]nc(-c4ccco4)c3C2)o1. The van der Waals surface area contributed by atoms with Crippen molar-refractivity contribution < 1.29 is 18.7 Å². The molecule has 4 heterocycles. The highest BCUT2D eigenvalue weighted by molar-refractivity contribution is 5.92. The van der Waals surface area contributed by atoms with Gasteiger partial charge in [-0.05, 0) is 44.0 Å². The van der Waals surface area contributed by atoms with Crippen LogP contribution in [0.3, 0.4) is 0 Å². The summed E-state index contributed by atoms with van der Waals surface area (Å²) in [6.45, 7) is 4.16. The smallest absolute Gasteiger partial charge is 0.289 e. The number of aliphatic hydroxyl groups is 1. The number of rotatable bonds is 2. The van der Waals surface area contributed by atoms with E-state index in [1.54, 1.807) is 43.2 Å². The van der Waals surface area contributed by atoms with Crippen LogP contribution in [-0.4, -0.2) is 38.3 Å². The number of H-pyrrole nitrogens is 1. The van der Waals surface area contributed by atoms with Crippen molar-refractivity contribution in [2.24, 2.45) is 0 Å². The number of hydrogen-bond acceptors (Lipinski definition) is 5. The van der Waals surface area contributed by atoms with Crippen molar-refractivity contribution in [3.8, 4) is 23.3 Å². The second-order valence-corrected chi connectivity index (χ2v) is 6.96. The predicted octanol–water partition coefficient (Wildman–Crippen LogP) is 2.58. The Morgan fingerprint density at radius 1 is 1.37 bits per heavy atom. The van der Waals surface area contributed by atoms with Crippen molar-refractivity contribution in [2.45, 2.75) is 32.4 Å². The fourth-order valence-corrected chi connectivity index (χ4v) is 2.98. The molecule has 1 amide bonds. The molecule has 3 aromatic heterocycles. The molecule has 0 atom stereocenters. The summed E-state index contributed by atoms with van der Waals surface area (Å²) in [5, 5.41) is 17.0. The normalized spacial score (nSPS) is 13.8. The van der Waals surface area contributed by atoms with Crippen LogP contribution in [0.1, 0.15) is 41.4 Å². The van der Waals surface area contributed by atoms with Crippen LogP contribution in [0.25, 0.3) is 11.5 Å². The number of hydrogen-bond donors (Lipinski definition) is 2. The average molecular weight is 365 g/mol. The number of amides is 1. The fraction of sp³-hybridized carbons (Fsp3) is 0.300. The van der Waals surface area contributed by atoms with Crippen molar-refractivity contribution in [1.29, 1.82) is 0 Å². The van der Waals surface area contributed by atoms with E-state index in [2.05, 4.69) is 22.0 Å². The van der Waals surface area contributed by atoms with Crippen LogP contribution in [0, 0.1) is 11.8 Å². The highest BCUT2D eigenvalue weighted by atomic mass is 16.4. The van der Waals surface area contributed by atoms with Crippen LogP contribution in [0.2, 0.25) is 0 Å². The van der Waals surface area contributed by atoms with Crippen LogP contribution >= 0.6 is 0 Å². The molecular formula is C20H19N3O4. The molecule has 7 nitrogen and oxygen atoms in total. The fourth-order valence-electron chi connectivity index (χ4n) is 2.98. The van der Waals surface area contributed by atoms with Crippen molar-refractivity contribution in [3.63, 3.8) is 0 Å². The molecule has 0 fully saturated rings. The highest BCUT2D eigenvalue weighted by Crippen LogP contribution is 2.29. The first-order chi connectivity index (χ1) is 12.9. The van der Waals surface area contributed by atoms with E-state index < -0.39 is 5.60 Å². The molecule has 0 unspecified atom stereocenters. The number of carbonyl (C=O) groups is 1. The first-order valence-electron chi connectivity index (χ1n) is 8.65. The Balaban J connectivity index is 1.54. The number of carbonyl (C=O) groups excluding carboxylic acids is 1. The largest absolute Gasteiger partial charge is 0.463 e. The molecule has 0 spiro atoms. The van der Waals surface area contributed by atoms with Gasteiger partial charge in [0.25, 0.3) is 5.91 Å². The molecule has 0 saturated carbocycles. The topological polar surface area (TPSA) is 95.5 Å². The van der Waals surface area contributed by atoms with Gasteiger partial charge in [-0.2, -0.15) is 5.10 Å². The minimum atomic E-state index is -1.12. The summed E-state index contributed by atoms with van der Waals surface area (Å²) in [7, 11) is 0. The van der Waals surface area contributed by atoms with Crippen molar-refractivity contribution in [2.75, 3.05) is 6.54 Å². The van der Waals surface area contributed by atoms with Crippen LogP contribution in [-0.2, 0) is 13.0 Å². The van der Waals surface area contributed by atoms with E-state index in [9.17, 15) is 9.90 Å². The number of fused-ring (bicyclic) bond motifs is 1. The zero-order valence-electron chi connectivity index (χ0n) is 15.1. The first-order valence-corrected chi connectivity index (χ1v) is 8.65. The lowest BCUT2D eigenvalue weighted by Gasteiger charge is -2.26. The summed E-state index contributed by atoms with van der Waals surface area (Å²) in [4.78, 5) is 14.5. The van der Waals surface area contributed by atoms with E-state index in [0.29, 0.717) is 31.0 Å². The molecule has 1 aliphatic rings. The first kappa shape index (κ1) is 17.2. The highest BCUT2D eigenvalue weighted by Gasteiger charge is 2.28. The van der Waals surface area contributed by atoms with Gasteiger partial charge in [-0.3, -0.25) is 9.89 Å². The van der Waals surface area contributed by atoms with Gasteiger partial charge in [-0.15, -0.1) is 0 Å². The van der Waals surface area contributed by atoms with Crippen LogP contribution in [0.4, 0.5) is 0 Å².